The first-order valence-corrected chi connectivity index (χ1v) is 15.2. The molecule has 4 nitrogen and oxygen atoms in total. The lowest BCUT2D eigenvalue weighted by Crippen LogP contribution is -2.01. The zero-order valence-corrected chi connectivity index (χ0v) is 24.1. The van der Waals surface area contributed by atoms with Gasteiger partial charge in [0.1, 0.15) is 0 Å². The third-order valence-electron chi connectivity index (χ3n) is 6.54. The van der Waals surface area contributed by atoms with Crippen molar-refractivity contribution in [3.63, 3.8) is 0 Å². The molecule has 36 heavy (non-hydrogen) atoms. The van der Waals surface area contributed by atoms with E-state index in [1.54, 1.807) is 0 Å². The molecule has 0 bridgehead atoms. The highest BCUT2D eigenvalue weighted by Gasteiger charge is 2.02. The van der Waals surface area contributed by atoms with Gasteiger partial charge in [0.15, 0.2) is 0 Å². The molecule has 0 amide bonds. The fraction of sp³-hybridized carbons (Fsp3) is 0.812. The van der Waals surface area contributed by atoms with Gasteiger partial charge in [-0.25, -0.2) is 9.59 Å². The monoisotopic (exact) mass is 508 g/mol. The van der Waals surface area contributed by atoms with Crippen molar-refractivity contribution in [2.45, 2.75) is 162 Å². The van der Waals surface area contributed by atoms with Crippen molar-refractivity contribution < 1.29 is 19.4 Å². The van der Waals surface area contributed by atoms with Crippen LogP contribution in [-0.4, -0.2) is 23.7 Å². The third-order valence-corrected chi connectivity index (χ3v) is 6.54. The Balaban J connectivity index is 0. The number of hydrogen-bond acceptors (Lipinski definition) is 3. The van der Waals surface area contributed by atoms with Crippen LogP contribution in [0.5, 0.6) is 0 Å². The number of carbonyl (C=O) groups excluding carboxylic acids is 1. The molecule has 0 heterocycles. The summed E-state index contributed by atoms with van der Waals surface area (Å²) in [6, 6.07) is 0. The molecule has 0 atom stereocenters. The average molecular weight is 509 g/mol. The fourth-order valence-electron chi connectivity index (χ4n) is 4.11. The second-order valence-electron chi connectivity index (χ2n) is 10.1. The van der Waals surface area contributed by atoms with Gasteiger partial charge in [-0.3, -0.25) is 0 Å². The van der Waals surface area contributed by atoms with Gasteiger partial charge in [-0.1, -0.05) is 155 Å². The number of hydrogen-bond donors (Lipinski definition) is 1. The van der Waals surface area contributed by atoms with Crippen molar-refractivity contribution >= 4 is 11.9 Å². The number of carboxylic acids is 1. The van der Waals surface area contributed by atoms with Gasteiger partial charge in [0, 0.05) is 11.6 Å². The Morgan fingerprint density at radius 1 is 0.611 bits per heavy atom. The predicted molar refractivity (Wildman–Crippen MR) is 155 cm³/mol. The molecule has 0 saturated heterocycles. The summed E-state index contributed by atoms with van der Waals surface area (Å²) >= 11 is 0. The molecule has 4 heteroatoms. The smallest absolute Gasteiger partial charge is 0.330 e. The maximum atomic E-state index is 10.8. The molecule has 0 unspecified atom stereocenters. The van der Waals surface area contributed by atoms with Crippen LogP contribution in [0.25, 0.3) is 0 Å². The van der Waals surface area contributed by atoms with Crippen molar-refractivity contribution in [2.24, 2.45) is 0 Å². The lowest BCUT2D eigenvalue weighted by atomic mass is 10.0. The maximum absolute atomic E-state index is 10.8. The van der Waals surface area contributed by atoms with E-state index in [2.05, 4.69) is 27.0 Å². The first-order chi connectivity index (χ1) is 17.5. The van der Waals surface area contributed by atoms with E-state index in [1.165, 1.54) is 128 Å². The molecule has 0 radical (unpaired) electrons. The van der Waals surface area contributed by atoms with Gasteiger partial charge in [0.25, 0.3) is 0 Å². The largest absolute Gasteiger partial charge is 0.478 e. The van der Waals surface area contributed by atoms with E-state index in [0.29, 0.717) is 18.6 Å². The summed E-state index contributed by atoms with van der Waals surface area (Å²) in [6.07, 6.45) is 30.5. The summed E-state index contributed by atoms with van der Waals surface area (Å²) in [5.74, 6) is -1.15. The molecule has 0 aromatic rings. The summed E-state index contributed by atoms with van der Waals surface area (Å²) in [5.41, 5.74) is 0.353. The van der Waals surface area contributed by atoms with Gasteiger partial charge in [-0.05, 0) is 19.3 Å². The topological polar surface area (TPSA) is 63.6 Å². The number of aliphatic carboxylic acids is 1. The van der Waals surface area contributed by atoms with Crippen LogP contribution in [0.1, 0.15) is 162 Å². The molecule has 0 aliphatic rings. The van der Waals surface area contributed by atoms with E-state index >= 15 is 0 Å². The molecule has 0 aliphatic carbocycles. The molecular weight excluding hydrogens is 448 g/mol. The molecule has 0 fully saturated rings. The standard InChI is InChI=1S/2C16H30O2/c1-3-4-5-6-7-8-9-10-11-12-13-14-15(2)16(17)18;1-3-5-6-7-8-9-10-11-12-13-14-15-18-16(17)4-2/h2-14H2,1H3,(H,17,18);4H,2-3,5-15H2,1H3. The Kier molecular flexibility index (Phi) is 32.0. The Labute approximate surface area is 224 Å². The van der Waals surface area contributed by atoms with Crippen LogP contribution >= 0.6 is 0 Å². The van der Waals surface area contributed by atoms with Gasteiger partial charge in [-0.15, -0.1) is 0 Å². The Morgan fingerprint density at radius 2 is 0.944 bits per heavy atom. The van der Waals surface area contributed by atoms with Crippen LogP contribution in [0.4, 0.5) is 0 Å². The van der Waals surface area contributed by atoms with Gasteiger partial charge >= 0.3 is 11.9 Å². The zero-order valence-electron chi connectivity index (χ0n) is 24.1. The minimum absolute atomic E-state index is 0.304. The maximum Gasteiger partial charge on any atom is 0.330 e. The summed E-state index contributed by atoms with van der Waals surface area (Å²) < 4.78 is 4.92. The SMILES string of the molecule is C=C(CCCCCCCCCCCCC)C(=O)O.C=CC(=O)OCCCCCCCCCCCCC. The first kappa shape index (κ1) is 36.6. The van der Waals surface area contributed by atoms with E-state index in [0.717, 1.165) is 19.3 Å². The van der Waals surface area contributed by atoms with E-state index < -0.39 is 5.97 Å². The lowest BCUT2D eigenvalue weighted by molar-refractivity contribution is -0.138. The summed E-state index contributed by atoms with van der Waals surface area (Å²) in [7, 11) is 0. The number of carbonyl (C=O) groups is 2. The number of esters is 1. The minimum Gasteiger partial charge on any atom is -0.478 e. The van der Waals surface area contributed by atoms with Crippen LogP contribution in [0.15, 0.2) is 24.8 Å². The van der Waals surface area contributed by atoms with Crippen LogP contribution in [0, 0.1) is 0 Å². The molecular formula is C32H60O4. The van der Waals surface area contributed by atoms with Crippen LogP contribution in [0.3, 0.4) is 0 Å². The van der Waals surface area contributed by atoms with Crippen molar-refractivity contribution in [3.05, 3.63) is 24.8 Å². The predicted octanol–water partition coefficient (Wildman–Crippen LogP) is 10.4. The van der Waals surface area contributed by atoms with Crippen molar-refractivity contribution in [3.8, 4) is 0 Å². The lowest BCUT2D eigenvalue weighted by Gasteiger charge is -2.03. The second-order valence-corrected chi connectivity index (χ2v) is 10.1. The van der Waals surface area contributed by atoms with Crippen molar-refractivity contribution in [1.29, 1.82) is 0 Å². The number of ether oxygens (including phenoxy) is 1. The molecule has 212 valence electrons. The highest BCUT2D eigenvalue weighted by Crippen LogP contribution is 2.14. The molecule has 0 spiro atoms. The minimum atomic E-state index is -0.845. The Morgan fingerprint density at radius 3 is 1.28 bits per heavy atom. The second kappa shape index (κ2) is 31.4. The highest BCUT2D eigenvalue weighted by molar-refractivity contribution is 5.85. The van der Waals surface area contributed by atoms with E-state index in [1.807, 2.05) is 0 Å². The van der Waals surface area contributed by atoms with E-state index in [4.69, 9.17) is 9.84 Å². The summed E-state index contributed by atoms with van der Waals surface area (Å²) in [6.45, 7) is 11.9. The third kappa shape index (κ3) is 32.4. The Bertz CT molecular complexity index is 510. The van der Waals surface area contributed by atoms with Crippen LogP contribution < -0.4 is 0 Å². The normalized spacial score (nSPS) is 10.4. The quantitative estimate of drug-likeness (QED) is 0.0717. The van der Waals surface area contributed by atoms with Gasteiger partial charge in [-0.2, -0.15) is 0 Å². The molecule has 0 aliphatic heterocycles. The number of carboxylic acid groups (broad SMARTS) is 1. The number of unbranched alkanes of at least 4 members (excludes halogenated alkanes) is 20. The molecule has 0 aromatic carbocycles. The van der Waals surface area contributed by atoms with Gasteiger partial charge in [0.2, 0.25) is 0 Å². The van der Waals surface area contributed by atoms with Gasteiger partial charge < -0.3 is 9.84 Å². The van der Waals surface area contributed by atoms with E-state index in [9.17, 15) is 9.59 Å². The van der Waals surface area contributed by atoms with Crippen molar-refractivity contribution in [1.82, 2.24) is 0 Å². The molecule has 0 rings (SSSR count). The Hall–Kier alpha value is -1.58. The van der Waals surface area contributed by atoms with Crippen molar-refractivity contribution in [2.75, 3.05) is 6.61 Å². The van der Waals surface area contributed by atoms with Crippen LogP contribution in [-0.2, 0) is 14.3 Å². The zero-order chi connectivity index (χ0) is 27.1. The highest BCUT2D eigenvalue weighted by atomic mass is 16.5. The number of rotatable bonds is 26. The van der Waals surface area contributed by atoms with E-state index in [-0.39, 0.29) is 5.97 Å². The molecule has 1 N–H and O–H groups in total. The summed E-state index contributed by atoms with van der Waals surface area (Å²) in [5, 5.41) is 8.64. The van der Waals surface area contributed by atoms with Gasteiger partial charge in [0.05, 0.1) is 6.61 Å². The average Bonchev–Trinajstić information content (AvgIpc) is 2.87. The fourth-order valence-corrected chi connectivity index (χ4v) is 4.11. The summed E-state index contributed by atoms with van der Waals surface area (Å²) in [4.78, 5) is 21.3. The molecule has 0 aromatic heterocycles. The van der Waals surface area contributed by atoms with Crippen LogP contribution in [0.2, 0.25) is 0 Å². The molecule has 0 saturated carbocycles. The first-order valence-electron chi connectivity index (χ1n) is 15.2.